The highest BCUT2D eigenvalue weighted by molar-refractivity contribution is 6.00. The van der Waals surface area contributed by atoms with Gasteiger partial charge in [0, 0.05) is 36.6 Å². The quantitative estimate of drug-likeness (QED) is 0.140. The van der Waals surface area contributed by atoms with Gasteiger partial charge in [0.05, 0.1) is 29.8 Å². The summed E-state index contributed by atoms with van der Waals surface area (Å²) in [4.78, 5) is 60.9. The molecule has 0 bridgehead atoms. The molecule has 4 aromatic carbocycles. The summed E-state index contributed by atoms with van der Waals surface area (Å²) in [6.45, 7) is 1.13. The highest BCUT2D eigenvalue weighted by Crippen LogP contribution is 2.41. The number of likely N-dealkylation sites (N-methyl/N-ethyl adjacent to an activating group) is 2. The number of imidazole rings is 1. The van der Waals surface area contributed by atoms with E-state index in [1.807, 2.05) is 146 Å². The minimum absolute atomic E-state index is 0.0621. The predicted octanol–water partition coefficient (Wildman–Crippen LogP) is 6.64. The van der Waals surface area contributed by atoms with Gasteiger partial charge in [-0.1, -0.05) is 72.8 Å². The molecule has 2 saturated heterocycles. The molecule has 1 unspecified atom stereocenters. The molecule has 2 fully saturated rings. The van der Waals surface area contributed by atoms with Gasteiger partial charge >= 0.3 is 5.91 Å². The number of aromatic amines is 1. The second-order valence-corrected chi connectivity index (χ2v) is 15.7. The van der Waals surface area contributed by atoms with Gasteiger partial charge in [0.2, 0.25) is 11.8 Å². The SMILES string of the molecule is CN(C)[C@@H](C(=O)N1CCC[C@H]1c1nc2cc(-c3ncc(-c4cccc([N+]5(C(=O)[C@@H](c6ccccc6)N(C)C)CCC[C@H]5C(N)=O)c4)o3)ccc2[nH]1)c1ccccc1. The summed E-state index contributed by atoms with van der Waals surface area (Å²) in [5.74, 6) is 1.17. The number of amides is 3. The minimum Gasteiger partial charge on any atom is -0.436 e. The van der Waals surface area contributed by atoms with Crippen molar-refractivity contribution >= 4 is 34.4 Å². The lowest BCUT2D eigenvalue weighted by Crippen LogP contribution is -2.64. The van der Waals surface area contributed by atoms with Crippen LogP contribution in [0.2, 0.25) is 0 Å². The molecule has 4 heterocycles. The number of likely N-dealkylation sites (tertiary alicyclic amines) is 2. The summed E-state index contributed by atoms with van der Waals surface area (Å²) in [5.41, 5.74) is 11.6. The fourth-order valence-corrected chi connectivity index (χ4v) is 9.02. The number of H-pyrrole nitrogens is 1. The van der Waals surface area contributed by atoms with Crippen molar-refractivity contribution in [3.05, 3.63) is 126 Å². The number of oxazole rings is 1. The molecule has 2 aromatic heterocycles. The molecule has 3 amide bonds. The molecule has 5 atom stereocenters. The van der Waals surface area contributed by atoms with Gasteiger partial charge < -0.3 is 20.0 Å². The van der Waals surface area contributed by atoms with E-state index in [-0.39, 0.29) is 28.4 Å². The van der Waals surface area contributed by atoms with Crippen molar-refractivity contribution in [2.75, 3.05) is 41.3 Å². The Morgan fingerprint density at radius 1 is 0.825 bits per heavy atom. The molecule has 0 saturated carbocycles. The number of carbonyl (C=O) groups excluding carboxylic acids is 3. The summed E-state index contributed by atoms with van der Waals surface area (Å²) in [5, 5.41) is 0. The van der Waals surface area contributed by atoms with Gasteiger partial charge in [0.1, 0.15) is 17.6 Å². The zero-order chi connectivity index (χ0) is 39.8. The summed E-state index contributed by atoms with van der Waals surface area (Å²) in [7, 11) is 7.64. The number of hydrogen-bond acceptors (Lipinski definition) is 8. The van der Waals surface area contributed by atoms with E-state index >= 15 is 0 Å². The number of carbonyl (C=O) groups is 3. The zero-order valence-corrected chi connectivity index (χ0v) is 32.8. The van der Waals surface area contributed by atoms with Crippen molar-refractivity contribution in [1.29, 1.82) is 0 Å². The third-order valence-corrected chi connectivity index (χ3v) is 11.7. The average molecular weight is 766 g/mol. The normalized spacial score (nSPS) is 20.7. The number of benzene rings is 4. The van der Waals surface area contributed by atoms with Crippen molar-refractivity contribution in [3.63, 3.8) is 0 Å². The molecule has 292 valence electrons. The lowest BCUT2D eigenvalue weighted by Gasteiger charge is -2.39. The van der Waals surface area contributed by atoms with Crippen molar-refractivity contribution in [2.45, 2.75) is 49.9 Å². The van der Waals surface area contributed by atoms with Gasteiger partial charge in [0.15, 0.2) is 17.8 Å². The lowest BCUT2D eigenvalue weighted by atomic mass is 10.00. The Morgan fingerprint density at radius 3 is 2.21 bits per heavy atom. The van der Waals surface area contributed by atoms with Crippen LogP contribution in [0, 0.1) is 0 Å². The Kier molecular flexibility index (Phi) is 10.3. The van der Waals surface area contributed by atoms with Gasteiger partial charge in [-0.25, -0.2) is 19.2 Å². The fraction of sp³-hybridized carbons (Fsp3) is 0.311. The summed E-state index contributed by atoms with van der Waals surface area (Å²) in [6, 6.07) is 31.2. The third-order valence-electron chi connectivity index (χ3n) is 11.7. The van der Waals surface area contributed by atoms with Crippen LogP contribution in [0.15, 0.2) is 114 Å². The monoisotopic (exact) mass is 765 g/mol. The van der Waals surface area contributed by atoms with E-state index in [1.165, 1.54) is 0 Å². The molecule has 6 aromatic rings. The van der Waals surface area contributed by atoms with E-state index in [0.29, 0.717) is 43.3 Å². The molecule has 3 N–H and O–H groups in total. The number of rotatable bonds is 11. The Balaban J connectivity index is 1.08. The molecule has 0 spiro atoms. The molecule has 12 nitrogen and oxygen atoms in total. The van der Waals surface area contributed by atoms with Crippen LogP contribution < -0.4 is 10.2 Å². The molecule has 8 rings (SSSR count). The van der Waals surface area contributed by atoms with E-state index < -0.39 is 18.0 Å². The van der Waals surface area contributed by atoms with Crippen molar-refractivity contribution in [2.24, 2.45) is 5.73 Å². The standard InChI is InChI=1S/C45H48N8O4/c1-50(2)39(29-14-7-5-8-15-29)44(55)52-24-12-20-36(52)42-48-34-23-22-32(27-35(34)49-42)43-47-28-38(57-43)31-18-11-19-33(26-31)53(25-13-21-37(53)41(46)54)45(56)40(51(3)4)30-16-9-6-10-17-30/h5-11,14-19,22-23,26-28,36-37,39-40H,12-13,20-21,24-25H2,1-4H3,(H2-,46,47,48,49,54)/p+1/t36-,37-,39+,40+,53?/m0/s1. The van der Waals surface area contributed by atoms with Crippen molar-refractivity contribution < 1.29 is 18.8 Å². The van der Waals surface area contributed by atoms with E-state index in [4.69, 9.17) is 15.1 Å². The predicted molar refractivity (Wildman–Crippen MR) is 220 cm³/mol. The first-order valence-electron chi connectivity index (χ1n) is 19.6. The highest BCUT2D eigenvalue weighted by Gasteiger charge is 2.55. The molecule has 2 aliphatic rings. The number of fused-ring (bicyclic) bond motifs is 1. The molecular formula is C45H49N8O4+. The van der Waals surface area contributed by atoms with Crippen LogP contribution in [-0.4, -0.2) is 94.7 Å². The fourth-order valence-electron chi connectivity index (χ4n) is 9.02. The van der Waals surface area contributed by atoms with Crippen molar-refractivity contribution in [3.8, 4) is 22.8 Å². The van der Waals surface area contributed by atoms with E-state index in [0.717, 1.165) is 52.0 Å². The van der Waals surface area contributed by atoms with Crippen LogP contribution in [0.25, 0.3) is 33.8 Å². The first kappa shape index (κ1) is 37.9. The van der Waals surface area contributed by atoms with Gasteiger partial charge in [0.25, 0.3) is 5.91 Å². The van der Waals surface area contributed by atoms with Crippen LogP contribution in [-0.2, 0) is 14.4 Å². The maximum atomic E-state index is 14.9. The van der Waals surface area contributed by atoms with Gasteiger partial charge in [-0.05, 0) is 76.4 Å². The number of aromatic nitrogens is 3. The Hall–Kier alpha value is -5.95. The zero-order valence-electron chi connectivity index (χ0n) is 32.8. The smallest absolute Gasteiger partial charge is 0.341 e. The second kappa shape index (κ2) is 15.5. The van der Waals surface area contributed by atoms with Gasteiger partial charge in [-0.15, -0.1) is 0 Å². The number of nitrogens with zero attached hydrogens (tertiary/aromatic N) is 6. The molecule has 2 aliphatic heterocycles. The van der Waals surface area contributed by atoms with Crippen LogP contribution in [0.4, 0.5) is 5.69 Å². The highest BCUT2D eigenvalue weighted by atomic mass is 16.4. The van der Waals surface area contributed by atoms with Crippen LogP contribution >= 0.6 is 0 Å². The Morgan fingerprint density at radius 2 is 1.53 bits per heavy atom. The first-order valence-corrected chi connectivity index (χ1v) is 19.6. The van der Waals surface area contributed by atoms with Gasteiger partial charge in [-0.2, -0.15) is 0 Å². The van der Waals surface area contributed by atoms with Crippen LogP contribution in [0.5, 0.6) is 0 Å². The number of primary amides is 1. The summed E-state index contributed by atoms with van der Waals surface area (Å²) in [6.07, 6.45) is 4.60. The van der Waals surface area contributed by atoms with E-state index in [2.05, 4.69) is 9.97 Å². The molecule has 12 heteroatoms. The van der Waals surface area contributed by atoms with E-state index in [9.17, 15) is 14.4 Å². The Labute approximate surface area is 332 Å². The van der Waals surface area contributed by atoms with Crippen LogP contribution in [0.1, 0.15) is 60.8 Å². The van der Waals surface area contributed by atoms with Crippen molar-refractivity contribution in [1.82, 2.24) is 34.1 Å². The molecule has 57 heavy (non-hydrogen) atoms. The summed E-state index contributed by atoms with van der Waals surface area (Å²) >= 11 is 0. The minimum atomic E-state index is -0.706. The number of hydrogen-bond donors (Lipinski definition) is 2. The number of quaternary nitrogens is 1. The van der Waals surface area contributed by atoms with E-state index in [1.54, 1.807) is 6.20 Å². The maximum absolute atomic E-state index is 14.9. The largest absolute Gasteiger partial charge is 0.436 e. The number of nitrogens with two attached hydrogens (primary N) is 1. The lowest BCUT2D eigenvalue weighted by molar-refractivity contribution is -0.140. The molecule has 0 aliphatic carbocycles. The average Bonchev–Trinajstić information content (AvgIpc) is 4.04. The molecular weight excluding hydrogens is 717 g/mol. The Bertz CT molecular complexity index is 2410. The van der Waals surface area contributed by atoms with Gasteiger partial charge in [-0.3, -0.25) is 19.4 Å². The molecule has 0 radical (unpaired) electrons. The van der Waals surface area contributed by atoms with Crippen LogP contribution in [0.3, 0.4) is 0 Å². The summed E-state index contributed by atoms with van der Waals surface area (Å²) < 4.78 is 6.22. The first-order chi connectivity index (χ1) is 27.6. The number of nitrogens with one attached hydrogen (secondary N) is 1. The second-order valence-electron chi connectivity index (χ2n) is 15.7. The topological polar surface area (TPSA) is 142 Å². The maximum Gasteiger partial charge on any atom is 0.341 e. The third kappa shape index (κ3) is 6.94.